The van der Waals surface area contributed by atoms with Crippen molar-refractivity contribution in [2.45, 2.75) is 46.1 Å². The summed E-state index contributed by atoms with van der Waals surface area (Å²) < 4.78 is 36.7. The Morgan fingerprint density at radius 2 is 2.14 bits per heavy atom. The number of fused-ring (bicyclic) bond motifs is 1. The molecular weight excluding hydrogens is 390 g/mol. The molecule has 1 N–H and O–H groups in total. The first-order valence-corrected chi connectivity index (χ1v) is 10.1. The molecule has 1 unspecified atom stereocenters. The second kappa shape index (κ2) is 11.1. The van der Waals surface area contributed by atoms with Gasteiger partial charge in [0.1, 0.15) is 6.61 Å². The minimum atomic E-state index is -0.319. The van der Waals surface area contributed by atoms with Crippen molar-refractivity contribution in [3.8, 4) is 10.9 Å². The minimum absolute atomic E-state index is 0.0976. The third-order valence-corrected chi connectivity index (χ3v) is 5.15. The number of aromatic nitrogens is 1. The van der Waals surface area contributed by atoms with Crippen LogP contribution < -0.4 is 14.8 Å². The summed E-state index contributed by atoms with van der Waals surface area (Å²) in [6.07, 6.45) is 3.65. The Morgan fingerprint density at radius 3 is 2.71 bits per heavy atom. The maximum Gasteiger partial charge on any atom is 0.274 e. The van der Waals surface area contributed by atoms with E-state index in [-0.39, 0.29) is 24.4 Å². The first-order valence-electron chi connectivity index (χ1n) is 9.29. The van der Waals surface area contributed by atoms with Crippen LogP contribution in [0.4, 0.5) is 8.92 Å². The number of benzene rings is 1. The topological polar surface area (TPSA) is 69.7 Å². The minimum Gasteiger partial charge on any atom is -0.490 e. The molecule has 9 heteroatoms. The number of amides is 1. The maximum absolute atomic E-state index is 14.3. The van der Waals surface area contributed by atoms with Crippen LogP contribution in [0.1, 0.15) is 40.0 Å². The van der Waals surface area contributed by atoms with Gasteiger partial charge in [-0.25, -0.2) is 9.37 Å². The van der Waals surface area contributed by atoms with E-state index in [1.165, 1.54) is 37.5 Å². The monoisotopic (exact) mass is 416 g/mol. The van der Waals surface area contributed by atoms with Crippen molar-refractivity contribution in [1.29, 1.82) is 0 Å². The van der Waals surface area contributed by atoms with E-state index >= 15 is 0 Å². The molecule has 0 aliphatic heterocycles. The van der Waals surface area contributed by atoms with Gasteiger partial charge in [-0.1, -0.05) is 17.8 Å². The molecule has 156 valence electrons. The standard InChI is InChI=1S/C14H16FNO2S.C5H10FNO2/c1-2-17-14-16-10-6-7-11(12(15)13(10)19-14)18-8-9-4-3-5-9;1-4(3-9-6)7-5(2)8/h6-7,9H,2-5,8H2,1H3;4H,3H2,1-2H3,(H,7,8). The average Bonchev–Trinajstić information content (AvgIpc) is 2.99. The summed E-state index contributed by atoms with van der Waals surface area (Å²) in [5.74, 6) is 0.418. The molecule has 1 heterocycles. The van der Waals surface area contributed by atoms with Crippen molar-refractivity contribution in [1.82, 2.24) is 10.3 Å². The van der Waals surface area contributed by atoms with Gasteiger partial charge in [-0.15, -0.1) is 0 Å². The van der Waals surface area contributed by atoms with Gasteiger partial charge in [0.15, 0.2) is 11.6 Å². The lowest BCUT2D eigenvalue weighted by atomic mass is 9.86. The number of hydrogen-bond acceptors (Lipinski definition) is 6. The summed E-state index contributed by atoms with van der Waals surface area (Å²) in [6, 6.07) is 3.19. The molecule has 1 aromatic heterocycles. The SMILES string of the molecule is CC(=O)NC(C)COF.CCOc1nc2ccc(OCC3CCC3)c(F)c2s1. The highest BCUT2D eigenvalue weighted by Gasteiger charge is 2.20. The third kappa shape index (κ3) is 6.56. The van der Waals surface area contributed by atoms with Crippen LogP contribution in [0.25, 0.3) is 10.2 Å². The molecule has 3 rings (SSSR count). The lowest BCUT2D eigenvalue weighted by Crippen LogP contribution is -2.33. The second-order valence-electron chi connectivity index (χ2n) is 6.62. The maximum atomic E-state index is 14.3. The Hall–Kier alpha value is -2.00. The van der Waals surface area contributed by atoms with Crippen LogP contribution in [0.15, 0.2) is 12.1 Å². The Labute approximate surface area is 167 Å². The van der Waals surface area contributed by atoms with Gasteiger partial charge in [-0.3, -0.25) is 4.79 Å². The molecule has 1 aliphatic rings. The molecular formula is C19H26F2N2O4S. The van der Waals surface area contributed by atoms with E-state index in [0.717, 1.165) is 0 Å². The van der Waals surface area contributed by atoms with E-state index in [4.69, 9.17) is 9.47 Å². The molecule has 0 bridgehead atoms. The zero-order valence-electron chi connectivity index (χ0n) is 16.3. The molecule has 1 amide bonds. The number of nitrogens with zero attached hydrogens (tertiary/aromatic N) is 1. The predicted molar refractivity (Wildman–Crippen MR) is 104 cm³/mol. The fourth-order valence-electron chi connectivity index (χ4n) is 2.57. The van der Waals surface area contributed by atoms with E-state index in [1.54, 1.807) is 19.1 Å². The normalized spacial score (nSPS) is 14.6. The van der Waals surface area contributed by atoms with Gasteiger partial charge in [0.25, 0.3) is 5.19 Å². The van der Waals surface area contributed by atoms with Gasteiger partial charge >= 0.3 is 0 Å². The van der Waals surface area contributed by atoms with E-state index in [9.17, 15) is 13.7 Å². The molecule has 1 saturated carbocycles. The number of carbonyl (C=O) groups is 1. The Kier molecular flexibility index (Phi) is 8.85. The fourth-order valence-corrected chi connectivity index (χ4v) is 3.47. The lowest BCUT2D eigenvalue weighted by Gasteiger charge is -2.25. The van der Waals surface area contributed by atoms with Crippen LogP contribution in [0.3, 0.4) is 0 Å². The van der Waals surface area contributed by atoms with Crippen molar-refractivity contribution in [3.05, 3.63) is 17.9 Å². The number of halogens is 2. The van der Waals surface area contributed by atoms with Gasteiger partial charge in [-0.2, -0.15) is 4.94 Å². The molecule has 6 nitrogen and oxygen atoms in total. The zero-order valence-corrected chi connectivity index (χ0v) is 17.1. The van der Waals surface area contributed by atoms with E-state index in [2.05, 4.69) is 15.2 Å². The molecule has 1 atom stereocenters. The van der Waals surface area contributed by atoms with Crippen molar-refractivity contribution in [2.24, 2.45) is 5.92 Å². The van der Waals surface area contributed by atoms with Gasteiger partial charge < -0.3 is 14.8 Å². The first kappa shape index (κ1) is 22.3. The highest BCUT2D eigenvalue weighted by Crippen LogP contribution is 2.35. The third-order valence-electron chi connectivity index (χ3n) is 4.17. The molecule has 1 fully saturated rings. The summed E-state index contributed by atoms with van der Waals surface area (Å²) in [6.45, 7) is 5.96. The predicted octanol–water partition coefficient (Wildman–Crippen LogP) is 4.43. The number of rotatable bonds is 8. The highest BCUT2D eigenvalue weighted by atomic mass is 32.1. The van der Waals surface area contributed by atoms with E-state index < -0.39 is 0 Å². The van der Waals surface area contributed by atoms with Crippen molar-refractivity contribution >= 4 is 27.5 Å². The summed E-state index contributed by atoms with van der Waals surface area (Å²) in [5.41, 5.74) is 0.627. The molecule has 0 saturated heterocycles. The van der Waals surface area contributed by atoms with Crippen LogP contribution in [-0.4, -0.2) is 36.8 Å². The number of nitrogens with one attached hydrogen (secondary N) is 1. The van der Waals surface area contributed by atoms with E-state index in [1.807, 2.05) is 6.92 Å². The molecule has 1 aliphatic carbocycles. The van der Waals surface area contributed by atoms with Gasteiger partial charge in [-0.05, 0) is 49.3 Å². The summed E-state index contributed by atoms with van der Waals surface area (Å²) in [4.78, 5) is 17.8. The Bertz CT molecular complexity index is 768. The number of carbonyl (C=O) groups excluding carboxylic acids is 1. The van der Waals surface area contributed by atoms with E-state index in [0.29, 0.717) is 40.3 Å². The van der Waals surface area contributed by atoms with Crippen molar-refractivity contribution in [2.75, 3.05) is 19.8 Å². The lowest BCUT2D eigenvalue weighted by molar-refractivity contribution is -0.141. The van der Waals surface area contributed by atoms with Crippen LogP contribution in [-0.2, 0) is 9.74 Å². The van der Waals surface area contributed by atoms with Gasteiger partial charge in [0.2, 0.25) is 5.91 Å². The summed E-state index contributed by atoms with van der Waals surface area (Å²) in [5, 5.41) is 2.95. The quantitative estimate of drug-likeness (QED) is 0.690. The number of hydrogen-bond donors (Lipinski definition) is 1. The first-order chi connectivity index (χ1) is 13.4. The van der Waals surface area contributed by atoms with Crippen LogP contribution in [0.5, 0.6) is 10.9 Å². The molecule has 1 aromatic carbocycles. The van der Waals surface area contributed by atoms with Crippen LogP contribution >= 0.6 is 11.3 Å². The largest absolute Gasteiger partial charge is 0.490 e. The Balaban J connectivity index is 0.000000266. The molecule has 2 aromatic rings. The summed E-state index contributed by atoms with van der Waals surface area (Å²) in [7, 11) is 0. The average molecular weight is 416 g/mol. The molecule has 0 radical (unpaired) electrons. The molecule has 0 spiro atoms. The van der Waals surface area contributed by atoms with Gasteiger partial charge in [0, 0.05) is 6.92 Å². The van der Waals surface area contributed by atoms with Crippen LogP contribution in [0, 0.1) is 11.7 Å². The zero-order chi connectivity index (χ0) is 20.5. The highest BCUT2D eigenvalue weighted by molar-refractivity contribution is 7.20. The fraction of sp³-hybridized carbons (Fsp3) is 0.579. The number of thiazole rings is 1. The summed E-state index contributed by atoms with van der Waals surface area (Å²) >= 11 is 1.23. The number of ether oxygens (including phenoxy) is 2. The molecule has 28 heavy (non-hydrogen) atoms. The van der Waals surface area contributed by atoms with Crippen molar-refractivity contribution in [3.63, 3.8) is 0 Å². The van der Waals surface area contributed by atoms with Crippen LogP contribution in [0.2, 0.25) is 0 Å². The second-order valence-corrected chi connectivity index (χ2v) is 7.59. The van der Waals surface area contributed by atoms with Gasteiger partial charge in [0.05, 0.1) is 29.5 Å². The smallest absolute Gasteiger partial charge is 0.274 e. The Morgan fingerprint density at radius 1 is 1.39 bits per heavy atom. The van der Waals surface area contributed by atoms with Crippen molar-refractivity contribution < 1.29 is 28.1 Å².